The quantitative estimate of drug-likeness (QED) is 0.335. The van der Waals surface area contributed by atoms with Gasteiger partial charge in [0.05, 0.1) is 35.6 Å². The van der Waals surface area contributed by atoms with E-state index in [1.54, 1.807) is 23.9 Å². The topological polar surface area (TPSA) is 90.0 Å². The highest BCUT2D eigenvalue weighted by Gasteiger charge is 2.20. The maximum Gasteiger partial charge on any atom is 0.263 e. The number of aromatic nitrogens is 5. The van der Waals surface area contributed by atoms with Crippen molar-refractivity contribution in [1.82, 2.24) is 24.5 Å². The third kappa shape index (κ3) is 4.18. The van der Waals surface area contributed by atoms with Gasteiger partial charge in [0.25, 0.3) is 5.56 Å². The zero-order chi connectivity index (χ0) is 25.2. The summed E-state index contributed by atoms with van der Waals surface area (Å²) in [7, 11) is 0. The summed E-state index contributed by atoms with van der Waals surface area (Å²) in [6.07, 6.45) is 4.87. The van der Waals surface area contributed by atoms with E-state index >= 15 is 0 Å². The Morgan fingerprint density at radius 2 is 1.81 bits per heavy atom. The first-order chi connectivity index (χ1) is 17.5. The molecule has 0 saturated carbocycles. The van der Waals surface area contributed by atoms with Crippen LogP contribution in [0.5, 0.6) is 0 Å². The zero-order valence-electron chi connectivity index (χ0n) is 20.1. The lowest BCUT2D eigenvalue weighted by Crippen LogP contribution is -2.26. The van der Waals surface area contributed by atoms with Crippen molar-refractivity contribution in [2.24, 2.45) is 0 Å². The van der Waals surface area contributed by atoms with Crippen LogP contribution in [0.3, 0.4) is 0 Å². The lowest BCUT2D eigenvalue weighted by Gasteiger charge is -2.22. The van der Waals surface area contributed by atoms with Crippen molar-refractivity contribution < 1.29 is 0 Å². The van der Waals surface area contributed by atoms with Crippen LogP contribution in [0.1, 0.15) is 30.2 Å². The Labute approximate surface area is 208 Å². The normalized spacial score (nSPS) is 11.7. The van der Waals surface area contributed by atoms with Crippen LogP contribution < -0.4 is 10.9 Å². The maximum absolute atomic E-state index is 14.2. The van der Waals surface area contributed by atoms with E-state index in [1.807, 2.05) is 68.4 Å². The first kappa shape index (κ1) is 22.9. The minimum atomic E-state index is -0.348. The molecule has 176 valence electrons. The zero-order valence-corrected chi connectivity index (χ0v) is 20.1. The van der Waals surface area contributed by atoms with E-state index in [1.165, 1.54) is 6.20 Å². The molecule has 3 heterocycles. The van der Waals surface area contributed by atoms with Crippen LogP contribution in [0.25, 0.3) is 32.6 Å². The number of rotatable bonds is 5. The molecule has 8 heteroatoms. The summed E-state index contributed by atoms with van der Waals surface area (Å²) in [5, 5.41) is 4.69. The molecule has 0 amide bonds. The van der Waals surface area contributed by atoms with Crippen molar-refractivity contribution in [3.8, 4) is 16.9 Å². The minimum absolute atomic E-state index is 0.162. The molecule has 0 bridgehead atoms. The molecular formula is C28H23N7O. The van der Waals surface area contributed by atoms with Gasteiger partial charge in [-0.3, -0.25) is 19.3 Å². The van der Waals surface area contributed by atoms with Crippen molar-refractivity contribution in [2.45, 2.75) is 26.8 Å². The second-order valence-electron chi connectivity index (χ2n) is 8.49. The molecule has 3 aromatic heterocycles. The molecule has 0 aliphatic carbocycles. The van der Waals surface area contributed by atoms with E-state index in [0.717, 1.165) is 28.0 Å². The minimum Gasteiger partial charge on any atom is -0.371 e. The van der Waals surface area contributed by atoms with Crippen LogP contribution in [-0.4, -0.2) is 24.5 Å². The lowest BCUT2D eigenvalue weighted by atomic mass is 10.0. The Kier molecular flexibility index (Phi) is 5.97. The van der Waals surface area contributed by atoms with Crippen molar-refractivity contribution in [3.05, 3.63) is 112 Å². The monoisotopic (exact) mass is 473 g/mol. The number of pyridine rings is 1. The number of nitrogens with zero attached hydrogens (tertiary/aromatic N) is 6. The predicted octanol–water partition coefficient (Wildman–Crippen LogP) is 5.58. The average molecular weight is 474 g/mol. The van der Waals surface area contributed by atoms with Crippen LogP contribution in [0.4, 0.5) is 11.5 Å². The Morgan fingerprint density at radius 1 is 1.00 bits per heavy atom. The molecule has 1 N–H and O–H groups in total. The summed E-state index contributed by atoms with van der Waals surface area (Å²) in [6.45, 7) is 13.1. The molecule has 8 nitrogen and oxygen atoms in total. The van der Waals surface area contributed by atoms with Gasteiger partial charge in [-0.25, -0.2) is 14.8 Å². The van der Waals surface area contributed by atoms with Crippen molar-refractivity contribution in [3.63, 3.8) is 0 Å². The number of anilines is 1. The van der Waals surface area contributed by atoms with Gasteiger partial charge < -0.3 is 5.32 Å². The summed E-state index contributed by atoms with van der Waals surface area (Å²) in [5.74, 6) is 0.987. The Morgan fingerprint density at radius 3 is 2.56 bits per heavy atom. The van der Waals surface area contributed by atoms with Crippen LogP contribution in [-0.2, 0) is 0 Å². The molecule has 5 rings (SSSR count). The third-order valence-electron chi connectivity index (χ3n) is 5.93. The number of nitrogens with one attached hydrogen (secondary N) is 1. The number of para-hydroxylation sites is 1. The third-order valence-corrected chi connectivity index (χ3v) is 5.93. The second-order valence-corrected chi connectivity index (χ2v) is 8.49. The van der Waals surface area contributed by atoms with Gasteiger partial charge >= 0.3 is 0 Å². The Balaban J connectivity index is 1.75. The Hall–Kier alpha value is -4.90. The molecule has 0 aliphatic rings. The number of hydrogen-bond acceptors (Lipinski definition) is 6. The SMILES string of the molecule is [C-]#[N+]c1cnc(C)nc1N[C@@H](C)c1cc2cccc(-c3cncc(C)n3)c2c(=O)n1-c1ccccc1. The first-order valence-corrected chi connectivity index (χ1v) is 11.5. The number of aryl methyl sites for hydroxylation is 2. The van der Waals surface area contributed by atoms with Crippen molar-refractivity contribution in [1.29, 1.82) is 0 Å². The molecule has 0 fully saturated rings. The van der Waals surface area contributed by atoms with Crippen LogP contribution in [0.15, 0.2) is 78.0 Å². The highest BCUT2D eigenvalue weighted by Crippen LogP contribution is 2.31. The lowest BCUT2D eigenvalue weighted by molar-refractivity contribution is 0.772. The van der Waals surface area contributed by atoms with Crippen molar-refractivity contribution in [2.75, 3.05) is 5.32 Å². The van der Waals surface area contributed by atoms with E-state index < -0.39 is 0 Å². The van der Waals surface area contributed by atoms with Crippen LogP contribution in [0.2, 0.25) is 0 Å². The maximum atomic E-state index is 14.2. The fourth-order valence-corrected chi connectivity index (χ4v) is 4.28. The molecule has 0 unspecified atom stereocenters. The van der Waals surface area contributed by atoms with E-state index in [-0.39, 0.29) is 11.6 Å². The summed E-state index contributed by atoms with van der Waals surface area (Å²) < 4.78 is 1.71. The molecule has 5 aromatic rings. The fraction of sp³-hybridized carbons (Fsp3) is 0.143. The molecule has 36 heavy (non-hydrogen) atoms. The van der Waals surface area contributed by atoms with E-state index in [4.69, 9.17) is 6.57 Å². The number of hydrogen-bond donors (Lipinski definition) is 1. The molecular weight excluding hydrogens is 450 g/mol. The van der Waals surface area contributed by atoms with Crippen molar-refractivity contribution >= 4 is 22.3 Å². The molecule has 0 saturated heterocycles. The fourth-order valence-electron chi connectivity index (χ4n) is 4.28. The smallest absolute Gasteiger partial charge is 0.263 e. The van der Waals surface area contributed by atoms with E-state index in [0.29, 0.717) is 28.4 Å². The first-order valence-electron chi connectivity index (χ1n) is 11.5. The van der Waals surface area contributed by atoms with Crippen LogP contribution >= 0.6 is 0 Å². The highest BCUT2D eigenvalue weighted by molar-refractivity contribution is 5.95. The highest BCUT2D eigenvalue weighted by atomic mass is 16.1. The standard InChI is InChI=1S/C28H23N7O/c1-17-14-30-15-23(32-17)22-12-8-9-20-13-25(18(2)33-27-24(29-4)16-31-19(3)34-27)35(28(36)26(20)22)21-10-6-5-7-11-21/h5-16,18H,1-3H3,(H,31,33,34)/t18-/m0/s1. The summed E-state index contributed by atoms with van der Waals surface area (Å²) >= 11 is 0. The van der Waals surface area contributed by atoms with Crippen LogP contribution in [0, 0.1) is 20.4 Å². The summed E-state index contributed by atoms with van der Waals surface area (Å²) in [6, 6.07) is 16.9. The van der Waals surface area contributed by atoms with Gasteiger partial charge in [-0.15, -0.1) is 0 Å². The van der Waals surface area contributed by atoms with Gasteiger partial charge in [-0.1, -0.05) is 36.4 Å². The largest absolute Gasteiger partial charge is 0.371 e. The molecule has 0 spiro atoms. The van der Waals surface area contributed by atoms with Gasteiger partial charge in [0.15, 0.2) is 0 Å². The second kappa shape index (κ2) is 9.39. The summed E-state index contributed by atoms with van der Waals surface area (Å²) in [4.78, 5) is 35.1. The van der Waals surface area contributed by atoms with Gasteiger partial charge in [0.1, 0.15) is 11.6 Å². The van der Waals surface area contributed by atoms with Gasteiger partial charge in [-0.2, -0.15) is 0 Å². The number of benzene rings is 2. The van der Waals surface area contributed by atoms with Gasteiger partial charge in [0, 0.05) is 29.3 Å². The number of fused-ring (bicyclic) bond motifs is 1. The predicted molar refractivity (Wildman–Crippen MR) is 140 cm³/mol. The van der Waals surface area contributed by atoms with Gasteiger partial charge in [0.2, 0.25) is 5.69 Å². The summed E-state index contributed by atoms with van der Waals surface area (Å²) in [5.41, 5.74) is 3.79. The molecule has 0 radical (unpaired) electrons. The van der Waals surface area contributed by atoms with Gasteiger partial charge in [-0.05, 0) is 44.4 Å². The average Bonchev–Trinajstić information content (AvgIpc) is 2.89. The van der Waals surface area contributed by atoms with E-state index in [9.17, 15) is 4.79 Å². The van der Waals surface area contributed by atoms with E-state index in [2.05, 4.69) is 30.1 Å². The Bertz CT molecular complexity index is 1690. The molecule has 0 aliphatic heterocycles. The molecule has 2 aromatic carbocycles. The molecule has 1 atom stereocenters.